The number of esters is 1. The van der Waals surface area contributed by atoms with Gasteiger partial charge in [0.05, 0.1) is 31.4 Å². The van der Waals surface area contributed by atoms with Crippen molar-refractivity contribution in [2.45, 2.75) is 19.1 Å². The molecule has 0 bridgehead atoms. The van der Waals surface area contributed by atoms with E-state index in [1.807, 2.05) is 0 Å². The summed E-state index contributed by atoms with van der Waals surface area (Å²) in [6, 6.07) is 8.39. The number of phenols is 1. The van der Waals surface area contributed by atoms with Crippen LogP contribution in [0.1, 0.15) is 24.1 Å². The third-order valence-electron chi connectivity index (χ3n) is 4.86. The summed E-state index contributed by atoms with van der Waals surface area (Å²) in [5, 5.41) is 13.0. The lowest BCUT2D eigenvalue weighted by atomic mass is 9.94. The average Bonchev–Trinajstić information content (AvgIpc) is 2.73. The van der Waals surface area contributed by atoms with Gasteiger partial charge in [0.1, 0.15) is 0 Å². The fourth-order valence-corrected chi connectivity index (χ4v) is 3.73. The molecule has 1 unspecified atom stereocenters. The quantitative estimate of drug-likeness (QED) is 0.529. The summed E-state index contributed by atoms with van der Waals surface area (Å²) < 4.78 is 49.6. The SMILES string of the molecule is COC(=O)C1=C(C)N(c2cccc(C(F)(F)F)c2)C(=S)NC1c1ccc(O)c(OC)c1. The zero-order valence-corrected chi connectivity index (χ0v) is 17.6. The second-order valence-corrected chi connectivity index (χ2v) is 7.07. The maximum atomic E-state index is 13.2. The molecule has 31 heavy (non-hydrogen) atoms. The molecule has 0 amide bonds. The van der Waals surface area contributed by atoms with Gasteiger partial charge in [-0.2, -0.15) is 13.2 Å². The standard InChI is InChI=1S/C21H19F3N2O4S/c1-11-17(19(28)30-3)18(12-7-8-15(27)16(9-12)29-2)25-20(31)26(11)14-6-4-5-13(10-14)21(22,23)24/h4-10,18,27H,1-3H3,(H,25,31). The monoisotopic (exact) mass is 452 g/mol. The minimum atomic E-state index is -4.53. The van der Waals surface area contributed by atoms with Crippen LogP contribution in [0.15, 0.2) is 53.7 Å². The molecule has 1 aliphatic heterocycles. The molecule has 2 N–H and O–H groups in total. The van der Waals surface area contributed by atoms with Gasteiger partial charge in [-0.05, 0) is 55.0 Å². The number of benzene rings is 2. The lowest BCUT2D eigenvalue weighted by Gasteiger charge is -2.37. The normalized spacial score (nSPS) is 16.8. The second kappa shape index (κ2) is 8.46. The molecule has 6 nitrogen and oxygen atoms in total. The van der Waals surface area contributed by atoms with Crippen LogP contribution in [-0.4, -0.2) is 30.4 Å². The summed E-state index contributed by atoms with van der Waals surface area (Å²) in [6.07, 6.45) is -4.53. The van der Waals surface area contributed by atoms with Crippen LogP contribution in [0.2, 0.25) is 0 Å². The predicted octanol–water partition coefficient (Wildman–Crippen LogP) is 4.30. The molecule has 0 saturated heterocycles. The number of hydrogen-bond donors (Lipinski definition) is 2. The summed E-state index contributed by atoms with van der Waals surface area (Å²) in [5.41, 5.74) is 0.312. The molecular formula is C21H19F3N2O4S. The molecule has 0 spiro atoms. The molecule has 0 aromatic heterocycles. The first kappa shape index (κ1) is 22.4. The number of nitrogens with zero attached hydrogens (tertiary/aromatic N) is 1. The first-order chi connectivity index (χ1) is 14.6. The van der Waals surface area contributed by atoms with E-state index in [4.69, 9.17) is 21.7 Å². The number of nitrogens with one attached hydrogen (secondary N) is 1. The smallest absolute Gasteiger partial charge is 0.416 e. The van der Waals surface area contributed by atoms with Crippen molar-refractivity contribution in [3.8, 4) is 11.5 Å². The van der Waals surface area contributed by atoms with Gasteiger partial charge in [-0.1, -0.05) is 12.1 Å². The number of alkyl halides is 3. The number of phenolic OH excluding ortho intramolecular Hbond substituents is 1. The minimum Gasteiger partial charge on any atom is -0.504 e. The summed E-state index contributed by atoms with van der Waals surface area (Å²) in [6.45, 7) is 1.57. The second-order valence-electron chi connectivity index (χ2n) is 6.69. The summed E-state index contributed by atoms with van der Waals surface area (Å²) >= 11 is 5.43. The van der Waals surface area contributed by atoms with Crippen LogP contribution in [0.3, 0.4) is 0 Å². The van der Waals surface area contributed by atoms with E-state index in [1.165, 1.54) is 43.4 Å². The fourth-order valence-electron chi connectivity index (χ4n) is 3.37. The van der Waals surface area contributed by atoms with Crippen molar-refractivity contribution < 1.29 is 32.5 Å². The maximum absolute atomic E-state index is 13.2. The van der Waals surface area contributed by atoms with E-state index < -0.39 is 23.8 Å². The molecule has 164 valence electrons. The lowest BCUT2D eigenvalue weighted by Crippen LogP contribution is -2.48. The molecule has 2 aromatic rings. The number of carbonyl (C=O) groups is 1. The average molecular weight is 452 g/mol. The molecular weight excluding hydrogens is 433 g/mol. The van der Waals surface area contributed by atoms with Crippen LogP contribution in [0.4, 0.5) is 18.9 Å². The molecule has 0 saturated carbocycles. The fraction of sp³-hybridized carbons (Fsp3) is 0.238. The summed E-state index contributed by atoms with van der Waals surface area (Å²) in [4.78, 5) is 14.0. The number of halogens is 3. The highest BCUT2D eigenvalue weighted by Crippen LogP contribution is 2.38. The van der Waals surface area contributed by atoms with Gasteiger partial charge in [0.15, 0.2) is 16.6 Å². The molecule has 1 heterocycles. The maximum Gasteiger partial charge on any atom is 0.416 e. The highest BCUT2D eigenvalue weighted by Gasteiger charge is 2.37. The highest BCUT2D eigenvalue weighted by atomic mass is 32.1. The Balaban J connectivity index is 2.15. The first-order valence-corrected chi connectivity index (χ1v) is 9.43. The highest BCUT2D eigenvalue weighted by molar-refractivity contribution is 7.80. The number of thiocarbonyl (C=S) groups is 1. The van der Waals surface area contributed by atoms with E-state index in [0.717, 1.165) is 12.1 Å². The summed E-state index contributed by atoms with van der Waals surface area (Å²) in [5.74, 6) is -0.579. The van der Waals surface area contributed by atoms with Gasteiger partial charge in [-0.15, -0.1) is 0 Å². The Labute approximate surface area is 181 Å². The van der Waals surface area contributed by atoms with Gasteiger partial charge in [-0.25, -0.2) is 4.79 Å². The number of anilines is 1. The molecule has 10 heteroatoms. The van der Waals surface area contributed by atoms with Gasteiger partial charge in [0.2, 0.25) is 0 Å². The zero-order chi connectivity index (χ0) is 22.9. The number of rotatable bonds is 4. The van der Waals surface area contributed by atoms with Gasteiger partial charge >= 0.3 is 12.1 Å². The Morgan fingerprint density at radius 3 is 2.52 bits per heavy atom. The van der Waals surface area contributed by atoms with Gasteiger partial charge in [0, 0.05) is 11.4 Å². The number of hydrogen-bond acceptors (Lipinski definition) is 5. The summed E-state index contributed by atoms with van der Waals surface area (Å²) in [7, 11) is 2.59. The Morgan fingerprint density at radius 1 is 1.19 bits per heavy atom. The largest absolute Gasteiger partial charge is 0.504 e. The van der Waals surface area contributed by atoms with Crippen LogP contribution in [0.25, 0.3) is 0 Å². The molecule has 0 fully saturated rings. The van der Waals surface area contributed by atoms with Gasteiger partial charge in [0.25, 0.3) is 0 Å². The van der Waals surface area contributed by atoms with E-state index in [2.05, 4.69) is 5.32 Å². The van der Waals surface area contributed by atoms with Crippen molar-refractivity contribution >= 4 is 29.0 Å². The van der Waals surface area contributed by atoms with Gasteiger partial charge in [-0.3, -0.25) is 4.90 Å². The number of aromatic hydroxyl groups is 1. The molecule has 2 aromatic carbocycles. The van der Waals surface area contributed by atoms with Crippen LogP contribution >= 0.6 is 12.2 Å². The van der Waals surface area contributed by atoms with Crippen molar-refractivity contribution in [2.24, 2.45) is 0 Å². The minimum absolute atomic E-state index is 0.0875. The lowest BCUT2D eigenvalue weighted by molar-refractivity contribution is -0.138. The first-order valence-electron chi connectivity index (χ1n) is 9.02. The van der Waals surface area contributed by atoms with Crippen molar-refractivity contribution in [1.82, 2.24) is 5.32 Å². The van der Waals surface area contributed by atoms with E-state index >= 15 is 0 Å². The van der Waals surface area contributed by atoms with Gasteiger partial charge < -0.3 is 19.9 Å². The zero-order valence-electron chi connectivity index (χ0n) is 16.8. The molecule has 1 aliphatic rings. The van der Waals surface area contributed by atoms with Crippen LogP contribution < -0.4 is 15.0 Å². The van der Waals surface area contributed by atoms with Crippen LogP contribution in [-0.2, 0) is 15.7 Å². The van der Waals surface area contributed by atoms with Crippen LogP contribution in [0, 0.1) is 0 Å². The number of methoxy groups -OCH3 is 2. The Kier molecular flexibility index (Phi) is 6.12. The van der Waals surface area contributed by atoms with E-state index in [0.29, 0.717) is 11.3 Å². The molecule has 0 radical (unpaired) electrons. The topological polar surface area (TPSA) is 71.0 Å². The number of carbonyl (C=O) groups excluding carboxylic acids is 1. The van der Waals surface area contributed by atoms with Crippen LogP contribution in [0.5, 0.6) is 11.5 Å². The Hall–Kier alpha value is -3.27. The van der Waals surface area contributed by atoms with Crippen molar-refractivity contribution in [3.63, 3.8) is 0 Å². The van der Waals surface area contributed by atoms with E-state index in [-0.39, 0.29) is 27.9 Å². The van der Waals surface area contributed by atoms with Crippen molar-refractivity contribution in [3.05, 3.63) is 64.9 Å². The number of ether oxygens (including phenoxy) is 2. The molecule has 0 aliphatic carbocycles. The third-order valence-corrected chi connectivity index (χ3v) is 5.16. The Bertz CT molecular complexity index is 1070. The van der Waals surface area contributed by atoms with E-state index in [1.54, 1.807) is 13.0 Å². The number of allylic oxidation sites excluding steroid dienone is 1. The van der Waals surface area contributed by atoms with E-state index in [9.17, 15) is 23.1 Å². The molecule has 3 rings (SSSR count). The molecule has 1 atom stereocenters. The predicted molar refractivity (Wildman–Crippen MR) is 112 cm³/mol. The van der Waals surface area contributed by atoms with Crippen molar-refractivity contribution in [2.75, 3.05) is 19.1 Å². The Morgan fingerprint density at radius 2 is 1.90 bits per heavy atom. The van der Waals surface area contributed by atoms with Crippen molar-refractivity contribution in [1.29, 1.82) is 0 Å². The third kappa shape index (κ3) is 4.29.